The van der Waals surface area contributed by atoms with Crippen molar-refractivity contribution in [1.29, 1.82) is 0 Å². The molecule has 6 heteroatoms. The fourth-order valence-electron chi connectivity index (χ4n) is 4.45. The molecular weight excluding hydrogens is 396 g/mol. The fourth-order valence-corrected chi connectivity index (χ4v) is 4.45. The Morgan fingerprint density at radius 2 is 1.75 bits per heavy atom. The summed E-state index contributed by atoms with van der Waals surface area (Å²) in [6.45, 7) is 3.09. The summed E-state index contributed by atoms with van der Waals surface area (Å²) >= 11 is 0. The molecule has 32 heavy (non-hydrogen) atoms. The van der Waals surface area contributed by atoms with Gasteiger partial charge in [-0.2, -0.15) is 0 Å². The lowest BCUT2D eigenvalue weighted by Gasteiger charge is -2.32. The highest BCUT2D eigenvalue weighted by Gasteiger charge is 2.23. The Kier molecular flexibility index (Phi) is 5.77. The average molecular weight is 425 g/mol. The SMILES string of the molecule is CN(C)c1cc(C2CCN(Cc3cccc4ncccc34)CC2)nc(-c2ccncc2)n1. The largest absolute Gasteiger partial charge is 0.363 e. The number of fused-ring (bicyclic) bond motifs is 1. The number of nitrogens with zero attached hydrogens (tertiary/aromatic N) is 6. The maximum absolute atomic E-state index is 4.97. The van der Waals surface area contributed by atoms with E-state index < -0.39 is 0 Å². The first-order valence-corrected chi connectivity index (χ1v) is 11.2. The van der Waals surface area contributed by atoms with Crippen molar-refractivity contribution in [3.8, 4) is 11.4 Å². The monoisotopic (exact) mass is 424 g/mol. The Morgan fingerprint density at radius 1 is 0.938 bits per heavy atom. The van der Waals surface area contributed by atoms with Gasteiger partial charge in [0.05, 0.1) is 5.52 Å². The summed E-state index contributed by atoms with van der Waals surface area (Å²) in [7, 11) is 4.06. The van der Waals surface area contributed by atoms with E-state index in [9.17, 15) is 0 Å². The number of rotatable bonds is 5. The molecule has 3 aromatic heterocycles. The molecule has 1 aromatic carbocycles. The Labute approximate surface area is 189 Å². The lowest BCUT2D eigenvalue weighted by molar-refractivity contribution is 0.204. The van der Waals surface area contributed by atoms with Gasteiger partial charge in [0.25, 0.3) is 0 Å². The van der Waals surface area contributed by atoms with E-state index in [-0.39, 0.29) is 0 Å². The lowest BCUT2D eigenvalue weighted by Crippen LogP contribution is -2.33. The van der Waals surface area contributed by atoms with Crippen molar-refractivity contribution in [2.75, 3.05) is 32.1 Å². The number of aromatic nitrogens is 4. The van der Waals surface area contributed by atoms with Crippen LogP contribution in [0.4, 0.5) is 5.82 Å². The van der Waals surface area contributed by atoms with Crippen LogP contribution in [-0.4, -0.2) is 52.0 Å². The van der Waals surface area contributed by atoms with Crippen molar-refractivity contribution in [3.05, 3.63) is 78.4 Å². The van der Waals surface area contributed by atoms with Crippen molar-refractivity contribution in [2.45, 2.75) is 25.3 Å². The third-order valence-electron chi connectivity index (χ3n) is 6.26. The second-order valence-electron chi connectivity index (χ2n) is 8.64. The molecule has 1 aliphatic heterocycles. The van der Waals surface area contributed by atoms with Crippen LogP contribution in [0.3, 0.4) is 0 Å². The van der Waals surface area contributed by atoms with Crippen LogP contribution in [-0.2, 0) is 6.54 Å². The van der Waals surface area contributed by atoms with Crippen LogP contribution in [0.5, 0.6) is 0 Å². The molecule has 0 unspecified atom stereocenters. The van der Waals surface area contributed by atoms with Crippen LogP contribution in [0.15, 0.2) is 67.1 Å². The third kappa shape index (κ3) is 4.32. The van der Waals surface area contributed by atoms with Crippen molar-refractivity contribution >= 4 is 16.7 Å². The molecule has 0 aliphatic carbocycles. The van der Waals surface area contributed by atoms with Gasteiger partial charge >= 0.3 is 0 Å². The standard InChI is InChI=1S/C26H28N6/c1-31(2)25-17-24(29-26(30-25)20-8-13-27-14-9-20)19-10-15-32(16-11-19)18-21-5-3-7-23-22(21)6-4-12-28-23/h3-9,12-14,17,19H,10-11,15-16,18H2,1-2H3. The van der Waals surface area contributed by atoms with Gasteiger partial charge in [0, 0.05) is 67.9 Å². The summed E-state index contributed by atoms with van der Waals surface area (Å²) in [6, 6.07) is 16.7. The summed E-state index contributed by atoms with van der Waals surface area (Å²) in [5.74, 6) is 2.18. The van der Waals surface area contributed by atoms with E-state index in [2.05, 4.69) is 50.1 Å². The fraction of sp³-hybridized carbons (Fsp3) is 0.308. The van der Waals surface area contributed by atoms with Gasteiger partial charge in [0.1, 0.15) is 5.82 Å². The van der Waals surface area contributed by atoms with Gasteiger partial charge in [-0.1, -0.05) is 18.2 Å². The smallest absolute Gasteiger partial charge is 0.161 e. The molecule has 1 fully saturated rings. The quantitative estimate of drug-likeness (QED) is 0.469. The molecule has 4 aromatic rings. The Hall–Kier alpha value is -3.38. The summed E-state index contributed by atoms with van der Waals surface area (Å²) < 4.78 is 0. The summed E-state index contributed by atoms with van der Waals surface area (Å²) in [6.07, 6.45) is 7.65. The Balaban J connectivity index is 1.33. The van der Waals surface area contributed by atoms with E-state index in [1.54, 1.807) is 12.4 Å². The number of hydrogen-bond donors (Lipinski definition) is 0. The maximum atomic E-state index is 4.97. The molecule has 6 nitrogen and oxygen atoms in total. The van der Waals surface area contributed by atoms with E-state index in [0.29, 0.717) is 5.92 Å². The van der Waals surface area contributed by atoms with Crippen molar-refractivity contribution < 1.29 is 0 Å². The summed E-state index contributed by atoms with van der Waals surface area (Å²) in [4.78, 5) is 23.0. The Bertz CT molecular complexity index is 1190. The molecule has 4 heterocycles. The molecule has 0 spiro atoms. The molecule has 162 valence electrons. The number of anilines is 1. The minimum atomic E-state index is 0.447. The van der Waals surface area contributed by atoms with Crippen molar-refractivity contribution in [2.24, 2.45) is 0 Å². The molecule has 0 saturated carbocycles. The van der Waals surface area contributed by atoms with Gasteiger partial charge in [-0.3, -0.25) is 14.9 Å². The number of benzene rings is 1. The minimum Gasteiger partial charge on any atom is -0.363 e. The number of likely N-dealkylation sites (tertiary alicyclic amines) is 1. The molecule has 5 rings (SSSR count). The van der Waals surface area contributed by atoms with Crippen LogP contribution in [0.25, 0.3) is 22.3 Å². The van der Waals surface area contributed by atoms with E-state index in [1.807, 2.05) is 38.5 Å². The van der Waals surface area contributed by atoms with E-state index >= 15 is 0 Å². The predicted molar refractivity (Wildman–Crippen MR) is 129 cm³/mol. The van der Waals surface area contributed by atoms with Gasteiger partial charge in [0.2, 0.25) is 0 Å². The second-order valence-corrected chi connectivity index (χ2v) is 8.64. The normalized spacial score (nSPS) is 15.2. The van der Waals surface area contributed by atoms with E-state index in [0.717, 1.165) is 60.9 Å². The zero-order valence-corrected chi connectivity index (χ0v) is 18.6. The zero-order chi connectivity index (χ0) is 21.9. The topological polar surface area (TPSA) is 58.0 Å². The van der Waals surface area contributed by atoms with Gasteiger partial charge in [0.15, 0.2) is 5.82 Å². The third-order valence-corrected chi connectivity index (χ3v) is 6.26. The van der Waals surface area contributed by atoms with Gasteiger partial charge in [-0.15, -0.1) is 0 Å². The molecule has 0 radical (unpaired) electrons. The summed E-state index contributed by atoms with van der Waals surface area (Å²) in [5, 5.41) is 1.26. The zero-order valence-electron chi connectivity index (χ0n) is 18.6. The highest BCUT2D eigenvalue weighted by atomic mass is 15.2. The van der Waals surface area contributed by atoms with Crippen LogP contribution >= 0.6 is 0 Å². The second kappa shape index (κ2) is 9.01. The molecular formula is C26H28N6. The molecule has 0 N–H and O–H groups in total. The first-order chi connectivity index (χ1) is 15.7. The summed E-state index contributed by atoms with van der Waals surface area (Å²) in [5.41, 5.74) is 4.57. The number of piperidine rings is 1. The first-order valence-electron chi connectivity index (χ1n) is 11.2. The molecule has 0 bridgehead atoms. The molecule has 1 saturated heterocycles. The molecule has 0 atom stereocenters. The molecule has 0 amide bonds. The maximum Gasteiger partial charge on any atom is 0.161 e. The number of hydrogen-bond acceptors (Lipinski definition) is 6. The minimum absolute atomic E-state index is 0.447. The Morgan fingerprint density at radius 3 is 2.53 bits per heavy atom. The van der Waals surface area contributed by atoms with Gasteiger partial charge < -0.3 is 4.90 Å². The lowest BCUT2D eigenvalue weighted by atomic mass is 9.92. The number of pyridine rings is 2. The van der Waals surface area contributed by atoms with E-state index in [4.69, 9.17) is 9.97 Å². The van der Waals surface area contributed by atoms with Crippen molar-refractivity contribution in [1.82, 2.24) is 24.8 Å². The van der Waals surface area contributed by atoms with Crippen LogP contribution < -0.4 is 4.90 Å². The molecule has 1 aliphatic rings. The van der Waals surface area contributed by atoms with Crippen LogP contribution in [0.2, 0.25) is 0 Å². The first kappa shape index (κ1) is 20.5. The predicted octanol–water partition coefficient (Wildman–Crippen LogP) is 4.53. The average Bonchev–Trinajstić information content (AvgIpc) is 2.85. The highest BCUT2D eigenvalue weighted by Crippen LogP contribution is 2.31. The van der Waals surface area contributed by atoms with E-state index in [1.165, 1.54) is 10.9 Å². The van der Waals surface area contributed by atoms with Gasteiger partial charge in [-0.05, 0) is 55.8 Å². The van der Waals surface area contributed by atoms with Gasteiger partial charge in [-0.25, -0.2) is 9.97 Å². The van der Waals surface area contributed by atoms with Crippen LogP contribution in [0, 0.1) is 0 Å². The highest BCUT2D eigenvalue weighted by molar-refractivity contribution is 5.81. The van der Waals surface area contributed by atoms with Crippen LogP contribution in [0.1, 0.15) is 30.0 Å². The van der Waals surface area contributed by atoms with Crippen molar-refractivity contribution in [3.63, 3.8) is 0 Å².